The molecule has 0 unspecified atom stereocenters. The van der Waals surface area contributed by atoms with Crippen molar-refractivity contribution >= 4 is 87.8 Å². The van der Waals surface area contributed by atoms with Crippen molar-refractivity contribution < 1.29 is 28.7 Å². The number of unbranched alkanes of at least 4 members (excludes halogenated alkanes) is 4. The van der Waals surface area contributed by atoms with E-state index in [4.69, 9.17) is 26.1 Å². The molecule has 0 bridgehead atoms. The van der Waals surface area contributed by atoms with Crippen LogP contribution in [0.5, 0.6) is 0 Å². The Morgan fingerprint density at radius 1 is 0.667 bits per heavy atom. The van der Waals surface area contributed by atoms with Crippen molar-refractivity contribution in [3.05, 3.63) is 162 Å². The van der Waals surface area contributed by atoms with Gasteiger partial charge in [-0.2, -0.15) is 0 Å². The van der Waals surface area contributed by atoms with Gasteiger partial charge in [0.15, 0.2) is 0 Å². The Labute approximate surface area is 486 Å². The van der Waals surface area contributed by atoms with Crippen LogP contribution in [0.25, 0.3) is 12.2 Å². The van der Waals surface area contributed by atoms with E-state index < -0.39 is 7.26 Å². The van der Waals surface area contributed by atoms with Crippen molar-refractivity contribution in [2.24, 2.45) is 10.9 Å². The van der Waals surface area contributed by atoms with Gasteiger partial charge < -0.3 is 25.0 Å². The molecule has 1 aliphatic carbocycles. The zero-order valence-electron chi connectivity index (χ0n) is 47.5. The number of aliphatic imine (C=N–C) groups is 1. The van der Waals surface area contributed by atoms with Crippen LogP contribution in [0.1, 0.15) is 81.8 Å². The maximum absolute atomic E-state index is 14.0. The van der Waals surface area contributed by atoms with E-state index in [1.165, 1.54) is 20.8 Å². The molecule has 430 valence electrons. The van der Waals surface area contributed by atoms with Crippen LogP contribution in [0.4, 0.5) is 11.4 Å². The third-order valence-electron chi connectivity index (χ3n) is 15.9. The summed E-state index contributed by atoms with van der Waals surface area (Å²) in [6.45, 7) is 5.26. The van der Waals surface area contributed by atoms with Crippen LogP contribution in [-0.4, -0.2) is 137 Å². The molecule has 15 heteroatoms. The topological polar surface area (TPSA) is 136 Å². The summed E-state index contributed by atoms with van der Waals surface area (Å²) in [5.74, 6) is 0.573. The molecule has 0 aromatic heterocycles. The van der Waals surface area contributed by atoms with E-state index in [9.17, 15) is 19.2 Å². The number of hydrogen-bond acceptors (Lipinski definition) is 9. The fourth-order valence-electron chi connectivity index (χ4n) is 11.3. The molecular formula is C66H83ClN7O6P. The molecule has 1 saturated heterocycles. The summed E-state index contributed by atoms with van der Waals surface area (Å²) in [5.41, 5.74) is 4.11. The number of piperazine rings is 1. The van der Waals surface area contributed by atoms with Crippen molar-refractivity contribution in [1.29, 1.82) is 0 Å². The van der Waals surface area contributed by atoms with Crippen molar-refractivity contribution in [2.75, 3.05) is 102 Å². The van der Waals surface area contributed by atoms with E-state index in [1.54, 1.807) is 12.2 Å². The number of ether oxygens (including phenoxy) is 2. The monoisotopic (exact) mass is 1140 g/mol. The number of nitrogens with zero attached hydrogens (tertiary/aromatic N) is 5. The van der Waals surface area contributed by atoms with Crippen LogP contribution in [0.3, 0.4) is 0 Å². The Balaban J connectivity index is 0.806. The standard InChI is InChI=1S/C66H83ClN7O6P/c1-71(2)56-34-27-53(28-35-56)50-61-66(78)74(51-63(75)69-55-32-30-54(31-33-55)65(77)68-40-46-80-48-47-79-45-16-4-3-15-39-67)62(70-61)38-29-52-25-36-57(37-26-52)72-41-43-73(44-42-72)64(76)24-14-17-49-81(58-18-8-5-9-19-58,59-20-10-6-11-21-59)60-22-12-7-13-23-60/h5-13,18-23,25-29,34-38,50,54-55,81H,3-4,14-17,24,30-33,39-49,51H2,1-2H3,(H,68,77)(H,69,75)/b38-29+,61-50+. The van der Waals surface area contributed by atoms with Crippen LogP contribution in [0.15, 0.2) is 156 Å². The summed E-state index contributed by atoms with van der Waals surface area (Å²) in [6.07, 6.45) is 15.8. The number of amidine groups is 1. The van der Waals surface area contributed by atoms with Crippen LogP contribution >= 0.6 is 18.9 Å². The molecule has 8 rings (SSSR count). The zero-order valence-corrected chi connectivity index (χ0v) is 49.2. The van der Waals surface area contributed by atoms with Crippen molar-refractivity contribution in [3.8, 4) is 0 Å². The number of hydrogen-bond donors (Lipinski definition) is 2. The van der Waals surface area contributed by atoms with E-state index in [2.05, 4.69) is 119 Å². The van der Waals surface area contributed by atoms with E-state index >= 15 is 0 Å². The van der Waals surface area contributed by atoms with Gasteiger partial charge in [-0.05, 0) is 73.9 Å². The van der Waals surface area contributed by atoms with Gasteiger partial charge in [0.2, 0.25) is 11.8 Å². The third kappa shape index (κ3) is 17.4. The maximum atomic E-state index is 14.0. The van der Waals surface area contributed by atoms with Gasteiger partial charge in [-0.25, -0.2) is 4.99 Å². The first kappa shape index (κ1) is 60.5. The Morgan fingerprint density at radius 3 is 1.86 bits per heavy atom. The molecule has 2 N–H and O–H groups in total. The Hall–Kier alpha value is -6.63. The Morgan fingerprint density at radius 2 is 1.26 bits per heavy atom. The van der Waals surface area contributed by atoms with E-state index in [0.717, 1.165) is 86.9 Å². The predicted octanol–water partition coefficient (Wildman–Crippen LogP) is 9.22. The fourth-order valence-corrected chi connectivity index (χ4v) is 16.4. The second kappa shape index (κ2) is 31.5. The molecule has 3 aliphatic rings. The van der Waals surface area contributed by atoms with E-state index in [0.29, 0.717) is 83.3 Å². The Kier molecular flexibility index (Phi) is 23.5. The second-order valence-corrected chi connectivity index (χ2v) is 26.0. The number of anilines is 2. The Bertz CT molecular complexity index is 2760. The fraction of sp³-hybridized carbons (Fsp3) is 0.409. The number of benzene rings is 5. The summed E-state index contributed by atoms with van der Waals surface area (Å²) in [6, 6.07) is 49.0. The number of nitrogens with one attached hydrogen (secondary N) is 2. The molecule has 2 fully saturated rings. The van der Waals surface area contributed by atoms with Crippen molar-refractivity contribution in [3.63, 3.8) is 0 Å². The minimum absolute atomic E-state index is 0.0109. The van der Waals surface area contributed by atoms with Gasteiger partial charge in [0.1, 0.15) is 18.1 Å². The minimum Gasteiger partial charge on any atom is -0.379 e. The minimum atomic E-state index is -2.34. The summed E-state index contributed by atoms with van der Waals surface area (Å²) < 4.78 is 11.3. The smallest absolute Gasteiger partial charge is 0.379 e. The average molecular weight is 1140 g/mol. The molecule has 2 aliphatic heterocycles. The number of rotatable bonds is 29. The summed E-state index contributed by atoms with van der Waals surface area (Å²) >= 11 is 5.73. The average Bonchev–Trinajstić information content (AvgIpc) is 3.84. The van der Waals surface area contributed by atoms with Gasteiger partial charge in [0, 0.05) is 50.8 Å². The van der Waals surface area contributed by atoms with Gasteiger partial charge in [0.05, 0.1) is 19.8 Å². The number of amides is 4. The third-order valence-corrected chi connectivity index (χ3v) is 21.2. The van der Waals surface area contributed by atoms with Crippen molar-refractivity contribution in [2.45, 2.75) is 76.7 Å². The molecular weight excluding hydrogens is 1050 g/mol. The van der Waals surface area contributed by atoms with Gasteiger partial charge >= 0.3 is 216 Å². The normalized spacial score (nSPS) is 17.4. The molecule has 0 radical (unpaired) electrons. The summed E-state index contributed by atoms with van der Waals surface area (Å²) in [5, 5.41) is 10.3. The zero-order chi connectivity index (χ0) is 56.7. The molecule has 0 spiro atoms. The predicted molar refractivity (Wildman–Crippen MR) is 335 cm³/mol. The molecule has 2 heterocycles. The van der Waals surface area contributed by atoms with Crippen molar-refractivity contribution in [1.82, 2.24) is 20.4 Å². The van der Waals surface area contributed by atoms with E-state index in [1.807, 2.05) is 66.4 Å². The summed E-state index contributed by atoms with van der Waals surface area (Å²) in [7, 11) is 1.61. The quantitative estimate of drug-likeness (QED) is 0.0210. The molecule has 5 aromatic rings. The first-order chi connectivity index (χ1) is 39.6. The molecule has 0 atom stereocenters. The van der Waals surface area contributed by atoms with Gasteiger partial charge in [-0.3, -0.25) is 19.3 Å². The second-order valence-electron chi connectivity index (χ2n) is 21.6. The van der Waals surface area contributed by atoms with Crippen LogP contribution in [0, 0.1) is 5.92 Å². The number of halogens is 1. The van der Waals surface area contributed by atoms with E-state index in [-0.39, 0.29) is 47.8 Å². The van der Waals surface area contributed by atoms with Crippen LogP contribution < -0.4 is 36.3 Å². The molecule has 81 heavy (non-hydrogen) atoms. The van der Waals surface area contributed by atoms with Gasteiger partial charge in [-0.1, -0.05) is 31.1 Å². The van der Waals surface area contributed by atoms with Crippen LogP contribution in [0.2, 0.25) is 0 Å². The molecule has 1 saturated carbocycles. The first-order valence-electron chi connectivity index (χ1n) is 29.3. The number of carbonyl (C=O) groups excluding carboxylic acids is 4. The first-order valence-corrected chi connectivity index (χ1v) is 32.0. The SMILES string of the molecule is CN(C)c1ccc(/C=C2N=C(/C=C/c3ccc(N4CCN(C(=O)CCCC[PH](c5ccccc5)(c5ccccc5)c5ccccc5)CC4)cc3)N(CC(=O)NC3CCC(C(=O)NCCOCCOCCCCCCCl)CC3)C/2=O)cc1. The van der Waals surface area contributed by atoms with Gasteiger partial charge in [-0.15, -0.1) is 11.6 Å². The number of carbonyl (C=O) groups is 4. The molecule has 5 aromatic carbocycles. The summed E-state index contributed by atoms with van der Waals surface area (Å²) in [4.78, 5) is 67.0. The number of alkyl halides is 1. The molecule has 4 amide bonds. The van der Waals surface area contributed by atoms with Gasteiger partial charge in [0.25, 0.3) is 5.91 Å². The molecule has 13 nitrogen and oxygen atoms in total. The van der Waals surface area contributed by atoms with Crippen LogP contribution in [-0.2, 0) is 28.7 Å².